The van der Waals surface area contributed by atoms with Gasteiger partial charge in [0.1, 0.15) is 0 Å². The van der Waals surface area contributed by atoms with E-state index in [-0.39, 0.29) is 35.6 Å². The number of piperidine rings is 1. The zero-order valence-corrected chi connectivity index (χ0v) is 25.4. The molecule has 2 aliphatic rings. The third kappa shape index (κ3) is 6.79. The highest BCUT2D eigenvalue weighted by Gasteiger charge is 2.53. The smallest absolute Gasteiger partial charge is 0.232 e. The Morgan fingerprint density at radius 2 is 1.85 bits per heavy atom. The van der Waals surface area contributed by atoms with Gasteiger partial charge in [-0.05, 0) is 85.5 Å². The second kappa shape index (κ2) is 12.2. The highest BCUT2D eigenvalue weighted by Crippen LogP contribution is 2.54. The van der Waals surface area contributed by atoms with E-state index in [0.29, 0.717) is 35.0 Å². The maximum Gasteiger partial charge on any atom is 0.232 e. The molecule has 1 aromatic heterocycles. The molecule has 1 aliphatic carbocycles. The quantitative estimate of drug-likeness (QED) is 0.226. The first kappa shape index (κ1) is 29.6. The average molecular weight is 613 g/mol. The topological polar surface area (TPSA) is 79.4 Å². The Bertz CT molecular complexity index is 1500. The fraction of sp³-hybridized carbons (Fsp3) is 0.375. The summed E-state index contributed by atoms with van der Waals surface area (Å²) in [5, 5.41) is 1.25. The molecule has 2 fully saturated rings. The van der Waals surface area contributed by atoms with Gasteiger partial charge >= 0.3 is 0 Å². The Morgan fingerprint density at radius 3 is 2.49 bits per heavy atom. The van der Waals surface area contributed by atoms with Crippen LogP contribution in [0.3, 0.4) is 0 Å². The molecule has 3 aromatic rings. The van der Waals surface area contributed by atoms with Gasteiger partial charge < -0.3 is 4.90 Å². The average Bonchev–Trinajstić information content (AvgIpc) is 3.77. The van der Waals surface area contributed by atoms with Crippen molar-refractivity contribution in [2.24, 2.45) is 11.3 Å². The van der Waals surface area contributed by atoms with E-state index >= 15 is 0 Å². The van der Waals surface area contributed by atoms with Crippen molar-refractivity contribution in [3.05, 3.63) is 107 Å². The Labute approximate surface area is 252 Å². The van der Waals surface area contributed by atoms with Crippen LogP contribution in [-0.4, -0.2) is 36.0 Å². The molecule has 2 aromatic carbocycles. The van der Waals surface area contributed by atoms with E-state index in [1.54, 1.807) is 18.3 Å². The number of benzene rings is 2. The summed E-state index contributed by atoms with van der Waals surface area (Å²) >= 11 is 12.8. The van der Waals surface area contributed by atoms with Crippen molar-refractivity contribution in [3.8, 4) is 0 Å². The van der Waals surface area contributed by atoms with E-state index in [2.05, 4.69) is 22.4 Å². The second-order valence-electron chi connectivity index (χ2n) is 11.5. The summed E-state index contributed by atoms with van der Waals surface area (Å²) in [6.07, 6.45) is 8.25. The molecule has 216 valence electrons. The van der Waals surface area contributed by atoms with Crippen LogP contribution < -0.4 is 4.72 Å². The minimum absolute atomic E-state index is 0.0325. The number of nitrogens with zero attached hydrogens (tertiary/aromatic N) is 2. The van der Waals surface area contributed by atoms with E-state index < -0.39 is 15.4 Å². The molecule has 2 heterocycles. The number of carbonyl (C=O) groups is 1. The van der Waals surface area contributed by atoms with Gasteiger partial charge in [0.25, 0.3) is 0 Å². The summed E-state index contributed by atoms with van der Waals surface area (Å²) in [5.74, 6) is 0.0858. The van der Waals surface area contributed by atoms with Gasteiger partial charge in [0, 0.05) is 28.2 Å². The van der Waals surface area contributed by atoms with Crippen LogP contribution in [0.2, 0.25) is 10.0 Å². The number of amides is 1. The fourth-order valence-corrected chi connectivity index (χ4v) is 7.72. The summed E-state index contributed by atoms with van der Waals surface area (Å²) in [4.78, 5) is 20.6. The van der Waals surface area contributed by atoms with E-state index in [4.69, 9.17) is 23.2 Å². The number of aromatic nitrogens is 1. The number of likely N-dealkylation sites (tertiary alicyclic amines) is 1. The fourth-order valence-electron chi connectivity index (χ4n) is 6.27. The van der Waals surface area contributed by atoms with Crippen LogP contribution in [0.1, 0.15) is 62.1 Å². The van der Waals surface area contributed by atoms with Gasteiger partial charge in [-0.25, -0.2) is 8.42 Å². The van der Waals surface area contributed by atoms with Gasteiger partial charge in [0.15, 0.2) is 0 Å². The van der Waals surface area contributed by atoms with Crippen molar-refractivity contribution < 1.29 is 13.2 Å². The van der Waals surface area contributed by atoms with E-state index in [1.807, 2.05) is 60.4 Å². The lowest BCUT2D eigenvalue weighted by atomic mass is 9.67. The molecule has 1 saturated carbocycles. The number of anilines is 1. The minimum atomic E-state index is -3.67. The van der Waals surface area contributed by atoms with E-state index in [9.17, 15) is 13.2 Å². The standard InChI is InChI=1S/C32H35Cl2N3O3S/c1-3-16-32(2)20-28(24-6-4-7-26(34)19-24)30(23-11-13-25(33)14-12-23)37(31(32)38)29(22-9-10-22)15-18-41(39,40)36-27-8-5-17-35-21-27/h3-8,11-14,17,19,21-22,28-30,36H,1,9-10,15-16,18,20H2,2H3/t28-,29+,30-,32+/m1/s1. The number of nitrogens with one attached hydrogen (secondary N) is 1. The lowest BCUT2D eigenvalue weighted by Gasteiger charge is -2.52. The lowest BCUT2D eigenvalue weighted by Crippen LogP contribution is -2.56. The van der Waals surface area contributed by atoms with Crippen molar-refractivity contribution in [1.29, 1.82) is 0 Å². The Kier molecular flexibility index (Phi) is 8.78. The zero-order valence-electron chi connectivity index (χ0n) is 23.0. The van der Waals surface area contributed by atoms with E-state index in [0.717, 1.165) is 24.0 Å². The molecule has 1 N–H and O–H groups in total. The normalized spacial score (nSPS) is 23.7. The first-order chi connectivity index (χ1) is 19.6. The highest BCUT2D eigenvalue weighted by molar-refractivity contribution is 7.92. The van der Waals surface area contributed by atoms with Crippen molar-refractivity contribution >= 4 is 44.8 Å². The van der Waals surface area contributed by atoms with Gasteiger partial charge in [-0.2, -0.15) is 0 Å². The van der Waals surface area contributed by atoms with Crippen molar-refractivity contribution in [2.45, 2.75) is 57.0 Å². The van der Waals surface area contributed by atoms with Gasteiger partial charge in [-0.1, -0.05) is 60.5 Å². The Balaban J connectivity index is 1.56. The third-order valence-electron chi connectivity index (χ3n) is 8.33. The molecule has 0 radical (unpaired) electrons. The van der Waals surface area contributed by atoms with Crippen molar-refractivity contribution in [1.82, 2.24) is 9.88 Å². The second-order valence-corrected chi connectivity index (χ2v) is 14.2. The number of allylic oxidation sites excluding steroid dienone is 1. The maximum absolute atomic E-state index is 14.6. The summed E-state index contributed by atoms with van der Waals surface area (Å²) in [7, 11) is -3.67. The maximum atomic E-state index is 14.6. The molecular formula is C32H35Cl2N3O3S. The first-order valence-corrected chi connectivity index (χ1v) is 16.4. The molecule has 1 amide bonds. The molecule has 1 aliphatic heterocycles. The summed E-state index contributed by atoms with van der Waals surface area (Å²) in [6, 6.07) is 18.3. The first-order valence-electron chi connectivity index (χ1n) is 14.0. The highest BCUT2D eigenvalue weighted by atomic mass is 35.5. The van der Waals surface area contributed by atoms with Crippen LogP contribution in [0.15, 0.2) is 85.7 Å². The van der Waals surface area contributed by atoms with Gasteiger partial charge in [0.05, 0.1) is 29.1 Å². The molecule has 0 spiro atoms. The number of pyridine rings is 1. The molecule has 4 atom stereocenters. The van der Waals surface area contributed by atoms with Gasteiger partial charge in [0.2, 0.25) is 15.9 Å². The number of carbonyl (C=O) groups excluding carboxylic acids is 1. The molecule has 41 heavy (non-hydrogen) atoms. The van der Waals surface area contributed by atoms with Crippen LogP contribution >= 0.6 is 23.2 Å². The molecule has 0 unspecified atom stereocenters. The molecule has 1 saturated heterocycles. The largest absolute Gasteiger partial charge is 0.331 e. The van der Waals surface area contributed by atoms with Crippen LogP contribution in [0, 0.1) is 11.3 Å². The van der Waals surface area contributed by atoms with Gasteiger partial charge in [-0.15, -0.1) is 6.58 Å². The van der Waals surface area contributed by atoms with Gasteiger partial charge in [-0.3, -0.25) is 14.5 Å². The van der Waals surface area contributed by atoms with Crippen LogP contribution in [0.5, 0.6) is 0 Å². The van der Waals surface area contributed by atoms with Crippen molar-refractivity contribution in [3.63, 3.8) is 0 Å². The minimum Gasteiger partial charge on any atom is -0.331 e. The molecule has 9 heteroatoms. The predicted octanol–water partition coefficient (Wildman–Crippen LogP) is 7.64. The van der Waals surface area contributed by atoms with Crippen LogP contribution in [0.25, 0.3) is 0 Å². The molecular weight excluding hydrogens is 577 g/mol. The zero-order chi connectivity index (χ0) is 29.2. The number of sulfonamides is 1. The number of hydrogen-bond donors (Lipinski definition) is 1. The van der Waals surface area contributed by atoms with Crippen LogP contribution in [-0.2, 0) is 14.8 Å². The van der Waals surface area contributed by atoms with E-state index in [1.165, 1.54) is 6.20 Å². The number of halogens is 2. The summed E-state index contributed by atoms with van der Waals surface area (Å²) < 4.78 is 29.0. The van der Waals surface area contributed by atoms with Crippen LogP contribution in [0.4, 0.5) is 5.69 Å². The Hall–Kier alpha value is -2.87. The predicted molar refractivity (Wildman–Crippen MR) is 166 cm³/mol. The third-order valence-corrected chi connectivity index (χ3v) is 10.1. The van der Waals surface area contributed by atoms with Crippen molar-refractivity contribution in [2.75, 3.05) is 10.5 Å². The lowest BCUT2D eigenvalue weighted by molar-refractivity contribution is -0.155. The monoisotopic (exact) mass is 611 g/mol. The number of hydrogen-bond acceptors (Lipinski definition) is 4. The molecule has 5 rings (SSSR count). The Morgan fingerprint density at radius 1 is 1.10 bits per heavy atom. The summed E-state index contributed by atoms with van der Waals surface area (Å²) in [6.45, 7) is 5.96. The molecule has 6 nitrogen and oxygen atoms in total. The SMILES string of the molecule is C=CC[C@@]1(C)C[C@H](c2cccc(Cl)c2)[C@@H](c2ccc(Cl)cc2)N([C@@H](CCS(=O)(=O)Nc2cccnc2)C2CC2)C1=O. The summed E-state index contributed by atoms with van der Waals surface area (Å²) in [5.41, 5.74) is 1.74. The number of rotatable bonds is 11. The molecule has 0 bridgehead atoms.